The van der Waals surface area contributed by atoms with E-state index in [2.05, 4.69) is 79.8 Å². The second-order valence-electron chi connectivity index (χ2n) is 7.84. The highest BCUT2D eigenvalue weighted by Crippen LogP contribution is 2.12. The SMILES string of the molecule is c1ccc2nc(CNCCNCCNCCNCc3ccc4ccccc4n3)ccc2c1. The summed E-state index contributed by atoms with van der Waals surface area (Å²) in [6.45, 7) is 7.25. The van der Waals surface area contributed by atoms with Crippen LogP contribution in [0.2, 0.25) is 0 Å². The Hall–Kier alpha value is -2.90. The first kappa shape index (κ1) is 22.3. The number of rotatable bonds is 13. The van der Waals surface area contributed by atoms with Crippen LogP contribution in [0.3, 0.4) is 0 Å². The van der Waals surface area contributed by atoms with Gasteiger partial charge in [-0.1, -0.05) is 48.5 Å². The number of benzene rings is 2. The van der Waals surface area contributed by atoms with Crippen LogP contribution in [0.15, 0.2) is 72.8 Å². The van der Waals surface area contributed by atoms with Gasteiger partial charge < -0.3 is 21.3 Å². The van der Waals surface area contributed by atoms with Gasteiger partial charge in [-0.05, 0) is 24.3 Å². The molecule has 4 aromatic rings. The average molecular weight is 429 g/mol. The Morgan fingerprint density at radius 1 is 0.438 bits per heavy atom. The second kappa shape index (κ2) is 12.2. The summed E-state index contributed by atoms with van der Waals surface area (Å²) in [6, 6.07) is 24.9. The third-order valence-corrected chi connectivity index (χ3v) is 5.36. The number of hydrogen-bond donors (Lipinski definition) is 4. The minimum absolute atomic E-state index is 0.794. The first-order valence-corrected chi connectivity index (χ1v) is 11.4. The predicted octanol–water partition coefficient (Wildman–Crippen LogP) is 2.84. The molecule has 166 valence electrons. The lowest BCUT2D eigenvalue weighted by atomic mass is 10.2. The van der Waals surface area contributed by atoms with Gasteiger partial charge in [0.05, 0.1) is 22.4 Å². The molecule has 0 spiro atoms. The Labute approximate surface area is 189 Å². The minimum atomic E-state index is 0.794. The van der Waals surface area contributed by atoms with Gasteiger partial charge in [0, 0.05) is 63.1 Å². The molecule has 0 amide bonds. The summed E-state index contributed by atoms with van der Waals surface area (Å²) < 4.78 is 0. The standard InChI is InChI=1S/C26H32N6/c1-3-7-25-21(5-1)9-11-23(31-25)19-29-17-15-27-13-14-28-16-18-30-20-24-12-10-22-6-2-4-8-26(22)32-24/h1-12,27-30H,13-20H2. The zero-order valence-electron chi connectivity index (χ0n) is 18.5. The average Bonchev–Trinajstić information content (AvgIpc) is 2.84. The van der Waals surface area contributed by atoms with Gasteiger partial charge in [-0.2, -0.15) is 0 Å². The van der Waals surface area contributed by atoms with Crippen LogP contribution in [0.5, 0.6) is 0 Å². The van der Waals surface area contributed by atoms with E-state index in [1.807, 2.05) is 24.3 Å². The maximum Gasteiger partial charge on any atom is 0.0705 e. The van der Waals surface area contributed by atoms with Crippen molar-refractivity contribution in [1.29, 1.82) is 0 Å². The predicted molar refractivity (Wildman–Crippen MR) is 133 cm³/mol. The summed E-state index contributed by atoms with van der Waals surface area (Å²) >= 11 is 0. The molecule has 0 bridgehead atoms. The molecule has 32 heavy (non-hydrogen) atoms. The highest BCUT2D eigenvalue weighted by Gasteiger charge is 1.99. The number of pyridine rings is 2. The van der Waals surface area contributed by atoms with Gasteiger partial charge in [-0.25, -0.2) is 0 Å². The van der Waals surface area contributed by atoms with Crippen molar-refractivity contribution in [3.05, 3.63) is 84.2 Å². The number of hydrogen-bond acceptors (Lipinski definition) is 6. The molecule has 0 aliphatic carbocycles. The van der Waals surface area contributed by atoms with Crippen molar-refractivity contribution < 1.29 is 0 Å². The van der Waals surface area contributed by atoms with Gasteiger partial charge >= 0.3 is 0 Å². The Balaban J connectivity index is 0.990. The number of aromatic nitrogens is 2. The van der Waals surface area contributed by atoms with E-state index in [-0.39, 0.29) is 0 Å². The molecule has 2 aromatic heterocycles. The molecule has 0 radical (unpaired) electrons. The summed E-state index contributed by atoms with van der Waals surface area (Å²) in [5, 5.41) is 16.2. The van der Waals surface area contributed by atoms with E-state index in [1.165, 1.54) is 10.8 Å². The quantitative estimate of drug-likeness (QED) is 0.246. The van der Waals surface area contributed by atoms with Crippen LogP contribution in [-0.4, -0.2) is 49.2 Å². The normalized spacial score (nSPS) is 11.4. The van der Waals surface area contributed by atoms with Crippen molar-refractivity contribution in [3.63, 3.8) is 0 Å². The molecule has 4 rings (SSSR count). The van der Waals surface area contributed by atoms with E-state index >= 15 is 0 Å². The molecule has 0 fully saturated rings. The number of nitrogens with zero attached hydrogens (tertiary/aromatic N) is 2. The van der Waals surface area contributed by atoms with E-state index in [1.54, 1.807) is 0 Å². The molecular formula is C26H32N6. The van der Waals surface area contributed by atoms with Gasteiger partial charge in [0.15, 0.2) is 0 Å². The van der Waals surface area contributed by atoms with Crippen molar-refractivity contribution in [2.45, 2.75) is 13.1 Å². The third kappa shape index (κ3) is 6.80. The molecule has 4 N–H and O–H groups in total. The van der Waals surface area contributed by atoms with Crippen LogP contribution in [0.4, 0.5) is 0 Å². The van der Waals surface area contributed by atoms with Crippen LogP contribution in [0.25, 0.3) is 21.8 Å². The molecule has 0 aliphatic rings. The summed E-state index contributed by atoms with van der Waals surface area (Å²) in [7, 11) is 0. The Morgan fingerprint density at radius 3 is 1.31 bits per heavy atom. The minimum Gasteiger partial charge on any atom is -0.314 e. The fraction of sp³-hybridized carbons (Fsp3) is 0.308. The summed E-state index contributed by atoms with van der Waals surface area (Å²) in [4.78, 5) is 9.38. The van der Waals surface area contributed by atoms with E-state index in [0.717, 1.165) is 74.8 Å². The van der Waals surface area contributed by atoms with Crippen molar-refractivity contribution in [2.75, 3.05) is 39.3 Å². The van der Waals surface area contributed by atoms with E-state index < -0.39 is 0 Å². The van der Waals surface area contributed by atoms with Gasteiger partial charge in [-0.3, -0.25) is 9.97 Å². The van der Waals surface area contributed by atoms with Crippen molar-refractivity contribution in [2.24, 2.45) is 0 Å². The van der Waals surface area contributed by atoms with Crippen LogP contribution in [0, 0.1) is 0 Å². The van der Waals surface area contributed by atoms with E-state index in [0.29, 0.717) is 0 Å². The highest BCUT2D eigenvalue weighted by atomic mass is 15.0. The lowest BCUT2D eigenvalue weighted by molar-refractivity contribution is 0.563. The molecule has 0 saturated heterocycles. The lowest BCUT2D eigenvalue weighted by Crippen LogP contribution is -2.35. The first-order valence-electron chi connectivity index (χ1n) is 11.4. The van der Waals surface area contributed by atoms with Crippen LogP contribution in [0.1, 0.15) is 11.4 Å². The van der Waals surface area contributed by atoms with Gasteiger partial charge in [0.1, 0.15) is 0 Å². The molecule has 0 atom stereocenters. The summed E-state index contributed by atoms with van der Waals surface area (Å²) in [6.07, 6.45) is 0. The topological polar surface area (TPSA) is 73.9 Å². The zero-order chi connectivity index (χ0) is 21.8. The Kier molecular flexibility index (Phi) is 8.51. The lowest BCUT2D eigenvalue weighted by Gasteiger charge is -2.09. The second-order valence-corrected chi connectivity index (χ2v) is 7.84. The molecule has 6 nitrogen and oxygen atoms in total. The first-order chi connectivity index (χ1) is 15.9. The van der Waals surface area contributed by atoms with Gasteiger partial charge in [0.25, 0.3) is 0 Å². The molecule has 2 heterocycles. The molecule has 6 heteroatoms. The largest absolute Gasteiger partial charge is 0.314 e. The summed E-state index contributed by atoms with van der Waals surface area (Å²) in [5.74, 6) is 0. The van der Waals surface area contributed by atoms with E-state index in [4.69, 9.17) is 0 Å². The van der Waals surface area contributed by atoms with Crippen LogP contribution >= 0.6 is 0 Å². The van der Waals surface area contributed by atoms with E-state index in [9.17, 15) is 0 Å². The molecule has 0 unspecified atom stereocenters. The monoisotopic (exact) mass is 428 g/mol. The van der Waals surface area contributed by atoms with Crippen LogP contribution in [-0.2, 0) is 13.1 Å². The molecule has 2 aromatic carbocycles. The third-order valence-electron chi connectivity index (χ3n) is 5.36. The molecule has 0 aliphatic heterocycles. The number of para-hydroxylation sites is 2. The fourth-order valence-corrected chi connectivity index (χ4v) is 3.63. The maximum absolute atomic E-state index is 4.69. The Bertz CT molecular complexity index is 1020. The number of fused-ring (bicyclic) bond motifs is 2. The van der Waals surface area contributed by atoms with Crippen molar-refractivity contribution in [3.8, 4) is 0 Å². The number of nitrogens with one attached hydrogen (secondary N) is 4. The van der Waals surface area contributed by atoms with Crippen molar-refractivity contribution in [1.82, 2.24) is 31.2 Å². The highest BCUT2D eigenvalue weighted by molar-refractivity contribution is 5.79. The van der Waals surface area contributed by atoms with Gasteiger partial charge in [0.2, 0.25) is 0 Å². The molecule has 0 saturated carbocycles. The molecular weight excluding hydrogens is 396 g/mol. The van der Waals surface area contributed by atoms with Gasteiger partial charge in [-0.15, -0.1) is 0 Å². The fourth-order valence-electron chi connectivity index (χ4n) is 3.63. The summed E-state index contributed by atoms with van der Waals surface area (Å²) in [5.41, 5.74) is 4.27. The smallest absolute Gasteiger partial charge is 0.0705 e. The maximum atomic E-state index is 4.69. The Morgan fingerprint density at radius 2 is 0.844 bits per heavy atom. The zero-order valence-corrected chi connectivity index (χ0v) is 18.5. The van der Waals surface area contributed by atoms with Crippen LogP contribution < -0.4 is 21.3 Å². The van der Waals surface area contributed by atoms with Crippen molar-refractivity contribution >= 4 is 21.8 Å².